The highest BCUT2D eigenvalue weighted by Crippen LogP contribution is 2.35. The van der Waals surface area contributed by atoms with Crippen molar-refractivity contribution in [3.63, 3.8) is 0 Å². The predicted octanol–water partition coefficient (Wildman–Crippen LogP) is 4.38. The van der Waals surface area contributed by atoms with Gasteiger partial charge in [-0.1, -0.05) is 12.1 Å². The normalized spacial score (nSPS) is 17.1. The molecule has 2 N–H and O–H groups in total. The lowest BCUT2D eigenvalue weighted by atomic mass is 10.0. The number of nitrogens with one attached hydrogen (secondary N) is 2. The van der Waals surface area contributed by atoms with Crippen molar-refractivity contribution in [2.45, 2.75) is 45.5 Å². The number of carbonyl (C=O) groups excluding carboxylic acids is 1. The monoisotopic (exact) mass is 476 g/mol. The summed E-state index contributed by atoms with van der Waals surface area (Å²) in [5, 5.41) is 6.56. The Balaban J connectivity index is 1.65. The van der Waals surface area contributed by atoms with Crippen LogP contribution in [0.1, 0.15) is 43.3 Å². The van der Waals surface area contributed by atoms with Crippen LogP contribution in [0.2, 0.25) is 0 Å². The smallest absolute Gasteiger partial charge is 0.363 e. The highest BCUT2D eigenvalue weighted by Gasteiger charge is 2.35. The average molecular weight is 476 g/mol. The average Bonchev–Trinajstić information content (AvgIpc) is 3.20. The highest BCUT2D eigenvalue weighted by atomic mass is 19.4. The van der Waals surface area contributed by atoms with Crippen LogP contribution in [0.25, 0.3) is 10.9 Å². The van der Waals surface area contributed by atoms with E-state index in [1.165, 1.54) is 19.1 Å². The van der Waals surface area contributed by atoms with Gasteiger partial charge in [0, 0.05) is 37.0 Å². The van der Waals surface area contributed by atoms with E-state index in [4.69, 9.17) is 0 Å². The van der Waals surface area contributed by atoms with Gasteiger partial charge in [0.2, 0.25) is 5.91 Å². The maximum Gasteiger partial charge on any atom is 0.419 e. The van der Waals surface area contributed by atoms with Crippen LogP contribution in [-0.2, 0) is 11.0 Å². The Morgan fingerprint density at radius 1 is 1.26 bits per heavy atom. The van der Waals surface area contributed by atoms with Crippen LogP contribution in [-0.4, -0.2) is 40.0 Å². The fourth-order valence-electron chi connectivity index (χ4n) is 4.18. The van der Waals surface area contributed by atoms with Crippen LogP contribution in [0.3, 0.4) is 0 Å². The second-order valence-corrected chi connectivity index (χ2v) is 8.38. The van der Waals surface area contributed by atoms with Crippen molar-refractivity contribution in [2.24, 2.45) is 0 Å². The number of anilines is 2. The topological polar surface area (TPSA) is 83.0 Å². The number of carbonyl (C=O) groups is 1. The molecule has 1 fully saturated rings. The summed E-state index contributed by atoms with van der Waals surface area (Å²) in [5.41, 5.74) is -0.879. The summed E-state index contributed by atoms with van der Waals surface area (Å²) in [4.78, 5) is 26.7. The van der Waals surface area contributed by atoms with Crippen molar-refractivity contribution in [3.05, 3.63) is 53.2 Å². The fraction of sp³-hybridized carbons (Fsp3) is 0.391. The first-order chi connectivity index (χ1) is 16.0. The lowest BCUT2D eigenvalue weighted by molar-refractivity contribution is -0.140. The molecule has 34 heavy (non-hydrogen) atoms. The van der Waals surface area contributed by atoms with Gasteiger partial charge in [-0.05, 0) is 32.4 Å². The molecule has 0 radical (unpaired) electrons. The highest BCUT2D eigenvalue weighted by molar-refractivity contribution is 5.90. The number of hydrogen-bond donors (Lipinski definition) is 2. The van der Waals surface area contributed by atoms with Gasteiger partial charge in [0.25, 0.3) is 0 Å². The molecular formula is C23H24F4N6O. The maximum absolute atomic E-state index is 14.7. The SMILES string of the molecule is CC(=O)N[C@@H]1CCN(c2cc3c(NC(C)c4cccc(C(F)(F)F)c4F)nc(C)nc3cn2)C1. The third-order valence-electron chi connectivity index (χ3n) is 5.75. The molecule has 0 saturated carbocycles. The van der Waals surface area contributed by atoms with E-state index < -0.39 is 23.6 Å². The minimum atomic E-state index is -4.79. The van der Waals surface area contributed by atoms with Crippen LogP contribution in [0.15, 0.2) is 30.5 Å². The summed E-state index contributed by atoms with van der Waals surface area (Å²) >= 11 is 0. The van der Waals surface area contributed by atoms with Crippen molar-refractivity contribution in [2.75, 3.05) is 23.3 Å². The van der Waals surface area contributed by atoms with E-state index in [0.717, 1.165) is 12.5 Å². The maximum atomic E-state index is 14.7. The summed E-state index contributed by atoms with van der Waals surface area (Å²) < 4.78 is 54.1. The first-order valence-electron chi connectivity index (χ1n) is 10.8. The summed E-state index contributed by atoms with van der Waals surface area (Å²) in [6.07, 6.45) is -2.41. The number of hydrogen-bond acceptors (Lipinski definition) is 6. The van der Waals surface area contributed by atoms with E-state index in [1.807, 2.05) is 4.90 Å². The van der Waals surface area contributed by atoms with Crippen molar-refractivity contribution < 1.29 is 22.4 Å². The molecule has 0 bridgehead atoms. The van der Waals surface area contributed by atoms with Crippen LogP contribution in [0, 0.1) is 12.7 Å². The van der Waals surface area contributed by atoms with Crippen molar-refractivity contribution >= 4 is 28.4 Å². The van der Waals surface area contributed by atoms with E-state index in [1.54, 1.807) is 26.1 Å². The Hall–Kier alpha value is -3.50. The quantitative estimate of drug-likeness (QED) is 0.532. The minimum absolute atomic E-state index is 0.0192. The second kappa shape index (κ2) is 9.03. The minimum Gasteiger partial charge on any atom is -0.363 e. The summed E-state index contributed by atoms with van der Waals surface area (Å²) in [6.45, 7) is 6.03. The molecule has 3 aromatic rings. The van der Waals surface area contributed by atoms with Crippen molar-refractivity contribution in [3.8, 4) is 0 Å². The molecule has 2 atom stereocenters. The zero-order chi connectivity index (χ0) is 24.6. The van der Waals surface area contributed by atoms with Crippen LogP contribution in [0.4, 0.5) is 29.2 Å². The Kier molecular flexibility index (Phi) is 6.28. The summed E-state index contributed by atoms with van der Waals surface area (Å²) in [6, 6.07) is 4.24. The third kappa shape index (κ3) is 4.87. The van der Waals surface area contributed by atoms with Gasteiger partial charge in [-0.25, -0.2) is 19.3 Å². The number of aromatic nitrogens is 3. The number of amides is 1. The first kappa shape index (κ1) is 23.7. The number of fused-ring (bicyclic) bond motifs is 1. The predicted molar refractivity (Wildman–Crippen MR) is 120 cm³/mol. The Bertz CT molecular complexity index is 1230. The van der Waals surface area contributed by atoms with Gasteiger partial charge in [0.1, 0.15) is 23.3 Å². The largest absolute Gasteiger partial charge is 0.419 e. The Labute approximate surface area is 193 Å². The number of alkyl halides is 3. The number of nitrogens with zero attached hydrogens (tertiary/aromatic N) is 4. The molecule has 1 amide bonds. The summed E-state index contributed by atoms with van der Waals surface area (Å²) in [5.74, 6) is 0.0630. The fourth-order valence-corrected chi connectivity index (χ4v) is 4.18. The number of benzene rings is 1. The molecule has 1 aliphatic heterocycles. The standard InChI is InChI=1S/C23H24F4N6O/c1-12(16-5-4-6-18(21(16)24)23(25,26)27)29-22-17-9-20(28-10-19(17)30-13(2)31-22)33-8-7-15(11-33)32-14(3)34/h4-6,9-10,12,15H,7-8,11H2,1-3H3,(H,32,34)(H,29,30,31)/t12?,15-/m1/s1. The van der Waals surface area contributed by atoms with Gasteiger partial charge in [0.15, 0.2) is 0 Å². The molecule has 2 aromatic heterocycles. The van der Waals surface area contributed by atoms with E-state index in [-0.39, 0.29) is 17.5 Å². The van der Waals surface area contributed by atoms with Gasteiger partial charge >= 0.3 is 6.18 Å². The molecule has 180 valence electrons. The van der Waals surface area contributed by atoms with Gasteiger partial charge in [-0.2, -0.15) is 13.2 Å². The molecule has 11 heteroatoms. The molecule has 4 rings (SSSR count). The van der Waals surface area contributed by atoms with Crippen molar-refractivity contribution in [1.29, 1.82) is 0 Å². The molecule has 1 unspecified atom stereocenters. The van der Waals surface area contributed by atoms with Gasteiger partial charge in [0.05, 0.1) is 23.3 Å². The van der Waals surface area contributed by atoms with E-state index in [0.29, 0.717) is 41.5 Å². The van der Waals surface area contributed by atoms with Gasteiger partial charge in [-0.15, -0.1) is 0 Å². The Morgan fingerprint density at radius 2 is 2.03 bits per heavy atom. The zero-order valence-corrected chi connectivity index (χ0v) is 18.9. The molecule has 0 aliphatic carbocycles. The molecule has 0 spiro atoms. The van der Waals surface area contributed by atoms with Crippen LogP contribution < -0.4 is 15.5 Å². The van der Waals surface area contributed by atoms with Gasteiger partial charge in [-0.3, -0.25) is 4.79 Å². The lowest BCUT2D eigenvalue weighted by Crippen LogP contribution is -2.35. The molecule has 3 heterocycles. The van der Waals surface area contributed by atoms with Gasteiger partial charge < -0.3 is 15.5 Å². The van der Waals surface area contributed by atoms with Crippen LogP contribution >= 0.6 is 0 Å². The van der Waals surface area contributed by atoms with E-state index in [2.05, 4.69) is 25.6 Å². The second-order valence-electron chi connectivity index (χ2n) is 8.38. The molecule has 7 nitrogen and oxygen atoms in total. The lowest BCUT2D eigenvalue weighted by Gasteiger charge is -2.21. The zero-order valence-electron chi connectivity index (χ0n) is 18.9. The number of pyridine rings is 1. The van der Waals surface area contributed by atoms with Crippen LogP contribution in [0.5, 0.6) is 0 Å². The molecule has 1 aliphatic rings. The van der Waals surface area contributed by atoms with Crippen molar-refractivity contribution in [1.82, 2.24) is 20.3 Å². The number of rotatable bonds is 5. The Morgan fingerprint density at radius 3 is 2.74 bits per heavy atom. The van der Waals surface area contributed by atoms with E-state index in [9.17, 15) is 22.4 Å². The van der Waals surface area contributed by atoms with E-state index >= 15 is 0 Å². The number of aryl methyl sites for hydroxylation is 1. The molecule has 1 aromatic carbocycles. The molecular weight excluding hydrogens is 452 g/mol. The molecule has 1 saturated heterocycles. The summed E-state index contributed by atoms with van der Waals surface area (Å²) in [7, 11) is 0. The number of halogens is 4. The first-order valence-corrected chi connectivity index (χ1v) is 10.8. The third-order valence-corrected chi connectivity index (χ3v) is 5.75.